The maximum atomic E-state index is 13.2. The molecule has 170 valence electrons. The van der Waals surface area contributed by atoms with Gasteiger partial charge in [0.05, 0.1) is 21.5 Å². The molecule has 0 bridgehead atoms. The normalized spacial score (nSPS) is 15.8. The Kier molecular flexibility index (Phi) is 5.83. The van der Waals surface area contributed by atoms with Gasteiger partial charge in [-0.1, -0.05) is 40.0 Å². The van der Waals surface area contributed by atoms with E-state index < -0.39 is 15.7 Å². The van der Waals surface area contributed by atoms with Gasteiger partial charge in [-0.05, 0) is 49.1 Å². The van der Waals surface area contributed by atoms with E-state index in [9.17, 15) is 13.2 Å². The highest BCUT2D eigenvalue weighted by atomic mass is 32.2. The van der Waals surface area contributed by atoms with Crippen LogP contribution >= 0.6 is 0 Å². The van der Waals surface area contributed by atoms with Crippen molar-refractivity contribution in [3.63, 3.8) is 0 Å². The van der Waals surface area contributed by atoms with Gasteiger partial charge in [0.1, 0.15) is 5.82 Å². The van der Waals surface area contributed by atoms with Crippen LogP contribution < -0.4 is 5.73 Å². The number of benzene rings is 1. The van der Waals surface area contributed by atoms with Crippen molar-refractivity contribution in [2.24, 2.45) is 11.7 Å². The fourth-order valence-corrected chi connectivity index (χ4v) is 5.66. The molecular formula is C24H30N4O3S. The zero-order valence-corrected chi connectivity index (χ0v) is 19.7. The van der Waals surface area contributed by atoms with Gasteiger partial charge in [0.25, 0.3) is 0 Å². The highest BCUT2D eigenvalue weighted by molar-refractivity contribution is 7.91. The maximum Gasteiger partial charge on any atom is 0.250 e. The van der Waals surface area contributed by atoms with Crippen LogP contribution in [-0.4, -0.2) is 28.9 Å². The first-order valence-electron chi connectivity index (χ1n) is 11.1. The fourth-order valence-electron chi connectivity index (χ4n) is 4.47. The number of carbonyl (C=O) groups is 1. The first-order valence-corrected chi connectivity index (χ1v) is 12.6. The van der Waals surface area contributed by atoms with E-state index in [1.54, 1.807) is 12.1 Å². The van der Waals surface area contributed by atoms with Crippen molar-refractivity contribution in [3.8, 4) is 0 Å². The molecule has 0 radical (unpaired) electrons. The Bertz CT molecular complexity index is 1250. The van der Waals surface area contributed by atoms with E-state index >= 15 is 0 Å². The van der Waals surface area contributed by atoms with Crippen LogP contribution in [0.25, 0.3) is 11.0 Å². The zero-order chi connectivity index (χ0) is 23.1. The predicted octanol–water partition coefficient (Wildman–Crippen LogP) is 4.24. The lowest BCUT2D eigenvalue weighted by molar-refractivity contribution is 0.1000. The topological polar surface area (TPSA) is 108 Å². The van der Waals surface area contributed by atoms with E-state index in [1.807, 2.05) is 6.07 Å². The third-order valence-corrected chi connectivity index (χ3v) is 7.83. The molecule has 2 heterocycles. The Morgan fingerprint density at radius 3 is 2.44 bits per heavy atom. The lowest BCUT2D eigenvalue weighted by Crippen LogP contribution is -2.22. The molecule has 4 rings (SSSR count). The highest BCUT2D eigenvalue weighted by Crippen LogP contribution is 2.32. The fraction of sp³-hybridized carbons (Fsp3) is 0.458. The van der Waals surface area contributed by atoms with E-state index in [2.05, 4.69) is 30.3 Å². The number of nitrogens with zero attached hydrogens (tertiary/aromatic N) is 3. The molecule has 1 aliphatic rings. The van der Waals surface area contributed by atoms with Crippen LogP contribution in [-0.2, 0) is 21.8 Å². The summed E-state index contributed by atoms with van der Waals surface area (Å²) in [6, 6.07) is 7.78. The second-order valence-electron chi connectivity index (χ2n) is 9.70. The SMILES string of the molecule is CC(C)(C)c1nc2cc(S(=O)(=O)c3ccc(C(N)=O)cn3)ccc2n1CC1CCCCC1. The largest absolute Gasteiger partial charge is 0.366 e. The lowest BCUT2D eigenvalue weighted by atomic mass is 9.88. The minimum atomic E-state index is -3.85. The van der Waals surface area contributed by atoms with E-state index in [1.165, 1.54) is 50.4 Å². The smallest absolute Gasteiger partial charge is 0.250 e. The van der Waals surface area contributed by atoms with Crippen LogP contribution in [0.3, 0.4) is 0 Å². The summed E-state index contributed by atoms with van der Waals surface area (Å²) in [6.07, 6.45) is 7.48. The Labute approximate surface area is 189 Å². The highest BCUT2D eigenvalue weighted by Gasteiger charge is 2.27. The van der Waals surface area contributed by atoms with Crippen molar-refractivity contribution in [1.82, 2.24) is 14.5 Å². The van der Waals surface area contributed by atoms with Crippen LogP contribution in [0.2, 0.25) is 0 Å². The molecule has 2 N–H and O–H groups in total. The van der Waals surface area contributed by atoms with Crippen molar-refractivity contribution in [2.45, 2.75) is 74.8 Å². The van der Waals surface area contributed by atoms with Crippen LogP contribution in [0.1, 0.15) is 69.1 Å². The number of fused-ring (bicyclic) bond motifs is 1. The minimum absolute atomic E-state index is 0.125. The van der Waals surface area contributed by atoms with E-state index in [0.717, 1.165) is 17.9 Å². The number of nitrogens with two attached hydrogens (primary N) is 1. The molecule has 32 heavy (non-hydrogen) atoms. The summed E-state index contributed by atoms with van der Waals surface area (Å²) in [6.45, 7) is 7.31. The Morgan fingerprint density at radius 2 is 1.84 bits per heavy atom. The van der Waals surface area contributed by atoms with Crippen LogP contribution in [0, 0.1) is 5.92 Å². The monoisotopic (exact) mass is 454 g/mol. The van der Waals surface area contributed by atoms with Gasteiger partial charge >= 0.3 is 0 Å². The molecule has 8 heteroatoms. The van der Waals surface area contributed by atoms with Crippen LogP contribution in [0.4, 0.5) is 0 Å². The average molecular weight is 455 g/mol. The number of hydrogen-bond donors (Lipinski definition) is 1. The summed E-state index contributed by atoms with van der Waals surface area (Å²) in [5.74, 6) is 0.941. The third-order valence-electron chi connectivity index (χ3n) is 6.16. The summed E-state index contributed by atoms with van der Waals surface area (Å²) < 4.78 is 28.6. The first kappa shape index (κ1) is 22.5. The zero-order valence-electron chi connectivity index (χ0n) is 18.8. The quantitative estimate of drug-likeness (QED) is 0.620. The summed E-state index contributed by atoms with van der Waals surface area (Å²) >= 11 is 0. The summed E-state index contributed by atoms with van der Waals surface area (Å²) in [5.41, 5.74) is 6.84. The number of imidazole rings is 1. The summed E-state index contributed by atoms with van der Waals surface area (Å²) in [4.78, 5) is 20.2. The number of amides is 1. The van der Waals surface area contributed by atoms with Gasteiger partial charge in [-0.3, -0.25) is 4.79 Å². The molecule has 0 unspecified atom stereocenters. The Balaban J connectivity index is 1.76. The molecule has 0 saturated heterocycles. The van der Waals surface area contributed by atoms with Gasteiger partial charge in [0.2, 0.25) is 15.7 Å². The number of aromatic nitrogens is 3. The second kappa shape index (κ2) is 8.31. The van der Waals surface area contributed by atoms with Gasteiger partial charge in [-0.2, -0.15) is 0 Å². The number of sulfone groups is 1. The molecule has 1 aliphatic carbocycles. The van der Waals surface area contributed by atoms with Gasteiger partial charge < -0.3 is 10.3 Å². The molecule has 1 fully saturated rings. The molecule has 3 aromatic rings. The van der Waals surface area contributed by atoms with Crippen molar-refractivity contribution in [3.05, 3.63) is 47.9 Å². The minimum Gasteiger partial charge on any atom is -0.366 e. The van der Waals surface area contributed by atoms with Crippen molar-refractivity contribution < 1.29 is 13.2 Å². The second-order valence-corrected chi connectivity index (χ2v) is 11.6. The number of pyridine rings is 1. The van der Waals surface area contributed by atoms with Gasteiger partial charge in [0, 0.05) is 18.2 Å². The predicted molar refractivity (Wildman–Crippen MR) is 123 cm³/mol. The summed E-state index contributed by atoms with van der Waals surface area (Å²) in [7, 11) is -3.85. The number of carbonyl (C=O) groups excluding carboxylic acids is 1. The molecule has 1 amide bonds. The van der Waals surface area contributed by atoms with Crippen LogP contribution in [0.5, 0.6) is 0 Å². The molecule has 0 aliphatic heterocycles. The maximum absolute atomic E-state index is 13.2. The molecule has 0 spiro atoms. The van der Waals surface area contributed by atoms with E-state index in [4.69, 9.17) is 10.7 Å². The lowest BCUT2D eigenvalue weighted by Gasteiger charge is -2.26. The molecule has 0 atom stereocenters. The number of hydrogen-bond acceptors (Lipinski definition) is 5. The molecule has 1 saturated carbocycles. The Hall–Kier alpha value is -2.74. The molecule has 1 aromatic carbocycles. The average Bonchev–Trinajstić information content (AvgIpc) is 3.13. The molecule has 7 nitrogen and oxygen atoms in total. The van der Waals surface area contributed by atoms with Gasteiger partial charge in [0.15, 0.2) is 5.03 Å². The van der Waals surface area contributed by atoms with Crippen molar-refractivity contribution in [1.29, 1.82) is 0 Å². The van der Waals surface area contributed by atoms with Crippen molar-refractivity contribution in [2.75, 3.05) is 0 Å². The van der Waals surface area contributed by atoms with Gasteiger partial charge in [-0.25, -0.2) is 18.4 Å². The molecular weight excluding hydrogens is 424 g/mol. The van der Waals surface area contributed by atoms with E-state index in [0.29, 0.717) is 11.4 Å². The van der Waals surface area contributed by atoms with E-state index in [-0.39, 0.29) is 20.9 Å². The van der Waals surface area contributed by atoms with Crippen LogP contribution in [0.15, 0.2) is 46.5 Å². The third kappa shape index (κ3) is 4.28. The number of primary amides is 1. The summed E-state index contributed by atoms with van der Waals surface area (Å²) in [5, 5.41) is -0.125. The van der Waals surface area contributed by atoms with Gasteiger partial charge in [-0.15, -0.1) is 0 Å². The van der Waals surface area contributed by atoms with Crippen molar-refractivity contribution >= 4 is 26.8 Å². The number of rotatable bonds is 5. The molecule has 2 aromatic heterocycles. The Morgan fingerprint density at radius 1 is 1.12 bits per heavy atom. The first-order chi connectivity index (χ1) is 15.1. The standard InChI is InChI=1S/C24H30N4O3S/c1-24(2,3)23-27-19-13-18(32(30,31)21-12-9-17(14-26-21)22(25)29)10-11-20(19)28(23)15-16-7-5-4-6-8-16/h9-14,16H,4-8,15H2,1-3H3,(H2,25,29).